The summed E-state index contributed by atoms with van der Waals surface area (Å²) < 4.78 is 56.6. The quantitative estimate of drug-likeness (QED) is 0.903. The molecule has 6 nitrogen and oxygen atoms in total. The number of rotatable bonds is 5. The van der Waals surface area contributed by atoms with Gasteiger partial charge < -0.3 is 9.30 Å². The highest BCUT2D eigenvalue weighted by molar-refractivity contribution is 7.89. The average molecular weight is 317 g/mol. The summed E-state index contributed by atoms with van der Waals surface area (Å²) in [5.74, 6) is -2.80. The van der Waals surface area contributed by atoms with Gasteiger partial charge in [-0.2, -0.15) is 0 Å². The topological polar surface area (TPSA) is 87.2 Å². The van der Waals surface area contributed by atoms with Gasteiger partial charge in [0, 0.05) is 12.6 Å². The molecule has 2 aromatic rings. The van der Waals surface area contributed by atoms with E-state index in [1.807, 2.05) is 6.92 Å². The summed E-state index contributed by atoms with van der Waals surface area (Å²) in [5.41, 5.74) is 0.613. The van der Waals surface area contributed by atoms with Crippen LogP contribution < -0.4 is 9.88 Å². The van der Waals surface area contributed by atoms with Gasteiger partial charge in [0.15, 0.2) is 11.6 Å². The van der Waals surface area contributed by atoms with Crippen LogP contribution in [-0.4, -0.2) is 18.0 Å². The molecule has 0 aliphatic heterocycles. The van der Waals surface area contributed by atoms with Crippen LogP contribution in [0.15, 0.2) is 29.6 Å². The minimum Gasteiger partial charge on any atom is -0.483 e. The Labute approximate surface area is 120 Å². The second-order valence-electron chi connectivity index (χ2n) is 4.22. The third-order valence-electron chi connectivity index (χ3n) is 2.78. The number of nitrogens with zero attached hydrogens (tertiary/aromatic N) is 2. The maximum Gasteiger partial charge on any atom is 0.241 e. The Kier molecular flexibility index (Phi) is 4.24. The Bertz CT molecular complexity index is 759. The highest BCUT2D eigenvalue weighted by Crippen LogP contribution is 2.28. The predicted molar refractivity (Wildman–Crippen MR) is 70.0 cm³/mol. The van der Waals surface area contributed by atoms with Gasteiger partial charge in [-0.15, -0.1) is 0 Å². The van der Waals surface area contributed by atoms with Crippen molar-refractivity contribution in [3.05, 3.63) is 42.0 Å². The van der Waals surface area contributed by atoms with Gasteiger partial charge in [0.05, 0.1) is 18.2 Å². The molecule has 0 radical (unpaired) electrons. The predicted octanol–water partition coefficient (Wildman–Crippen LogP) is 1.41. The summed E-state index contributed by atoms with van der Waals surface area (Å²) in [6.07, 6.45) is 3.06. The van der Waals surface area contributed by atoms with Gasteiger partial charge in [0.2, 0.25) is 10.0 Å². The fourth-order valence-corrected chi connectivity index (χ4v) is 2.48. The van der Waals surface area contributed by atoms with Gasteiger partial charge in [-0.3, -0.25) is 0 Å². The van der Waals surface area contributed by atoms with Gasteiger partial charge in [-0.25, -0.2) is 27.3 Å². The molecule has 0 saturated heterocycles. The standard InChI is InChI=1S/C12H13F2N3O3S/c1-2-17-7-16-5-9(17)6-20-12-10(14)3-8(13)4-11(12)21(15,18)19/h3-5,7H,2,6H2,1H3,(H2,15,18,19). The number of nitrogens with two attached hydrogens (primary N) is 1. The summed E-state index contributed by atoms with van der Waals surface area (Å²) in [7, 11) is -4.31. The van der Waals surface area contributed by atoms with Crippen molar-refractivity contribution in [3.8, 4) is 5.75 Å². The third kappa shape index (κ3) is 3.37. The van der Waals surface area contributed by atoms with Crippen LogP contribution in [0.5, 0.6) is 5.75 Å². The van der Waals surface area contributed by atoms with Gasteiger partial charge in [0.1, 0.15) is 17.3 Å². The molecule has 0 amide bonds. The number of halogens is 2. The largest absolute Gasteiger partial charge is 0.483 e. The van der Waals surface area contributed by atoms with Crippen LogP contribution in [0.3, 0.4) is 0 Å². The molecule has 2 rings (SSSR count). The first-order valence-electron chi connectivity index (χ1n) is 5.96. The van der Waals surface area contributed by atoms with Crippen molar-refractivity contribution in [3.63, 3.8) is 0 Å². The highest BCUT2D eigenvalue weighted by atomic mass is 32.2. The first-order valence-corrected chi connectivity index (χ1v) is 7.51. The molecule has 0 saturated carbocycles. The molecule has 114 valence electrons. The number of aryl methyl sites for hydroxylation is 1. The van der Waals surface area contributed by atoms with E-state index in [0.29, 0.717) is 24.4 Å². The summed E-state index contributed by atoms with van der Waals surface area (Å²) in [6.45, 7) is 2.37. The first kappa shape index (κ1) is 15.4. The normalized spacial score (nSPS) is 11.6. The minimum atomic E-state index is -4.31. The van der Waals surface area contributed by atoms with E-state index in [1.54, 1.807) is 10.9 Å². The molecule has 0 spiro atoms. The van der Waals surface area contributed by atoms with Crippen molar-refractivity contribution in [2.24, 2.45) is 5.14 Å². The minimum absolute atomic E-state index is 0.126. The maximum atomic E-state index is 13.7. The zero-order valence-electron chi connectivity index (χ0n) is 11.1. The lowest BCUT2D eigenvalue weighted by molar-refractivity contribution is 0.271. The molecule has 0 unspecified atom stereocenters. The molecule has 1 aromatic heterocycles. The zero-order valence-corrected chi connectivity index (χ0v) is 11.9. The molecular weight excluding hydrogens is 304 g/mol. The zero-order chi connectivity index (χ0) is 15.6. The van der Waals surface area contributed by atoms with Crippen LogP contribution >= 0.6 is 0 Å². The van der Waals surface area contributed by atoms with Crippen molar-refractivity contribution >= 4 is 10.0 Å². The molecule has 21 heavy (non-hydrogen) atoms. The number of benzene rings is 1. The number of primary sulfonamides is 1. The van der Waals surface area contributed by atoms with Crippen LogP contribution in [0.4, 0.5) is 8.78 Å². The summed E-state index contributed by atoms with van der Waals surface area (Å²) in [5, 5.41) is 4.94. The Morgan fingerprint density at radius 2 is 2.10 bits per heavy atom. The first-order chi connectivity index (χ1) is 9.82. The number of hydrogen-bond acceptors (Lipinski definition) is 4. The van der Waals surface area contributed by atoms with E-state index < -0.39 is 32.3 Å². The molecule has 1 heterocycles. The van der Waals surface area contributed by atoms with E-state index in [2.05, 4.69) is 4.98 Å². The fourth-order valence-electron chi connectivity index (χ4n) is 1.79. The van der Waals surface area contributed by atoms with Crippen molar-refractivity contribution in [2.75, 3.05) is 0 Å². The van der Waals surface area contributed by atoms with Gasteiger partial charge in [0.25, 0.3) is 0 Å². The molecule has 2 N–H and O–H groups in total. The highest BCUT2D eigenvalue weighted by Gasteiger charge is 2.21. The summed E-state index contributed by atoms with van der Waals surface area (Å²) >= 11 is 0. The number of imidazole rings is 1. The number of aromatic nitrogens is 2. The van der Waals surface area contributed by atoms with Gasteiger partial charge >= 0.3 is 0 Å². The van der Waals surface area contributed by atoms with Crippen molar-refractivity contribution in [2.45, 2.75) is 25.0 Å². The van der Waals surface area contributed by atoms with E-state index in [-0.39, 0.29) is 6.61 Å². The fraction of sp³-hybridized carbons (Fsp3) is 0.250. The third-order valence-corrected chi connectivity index (χ3v) is 3.70. The van der Waals surface area contributed by atoms with Gasteiger partial charge in [-0.05, 0) is 13.0 Å². The van der Waals surface area contributed by atoms with Crippen molar-refractivity contribution in [1.82, 2.24) is 9.55 Å². The molecule has 0 aliphatic carbocycles. The molecule has 9 heteroatoms. The average Bonchev–Trinajstić information content (AvgIpc) is 2.83. The Balaban J connectivity index is 2.36. The smallest absolute Gasteiger partial charge is 0.241 e. The molecule has 1 aromatic carbocycles. The van der Waals surface area contributed by atoms with Crippen LogP contribution in [0, 0.1) is 11.6 Å². The van der Waals surface area contributed by atoms with E-state index >= 15 is 0 Å². The number of ether oxygens (including phenoxy) is 1. The van der Waals surface area contributed by atoms with Crippen LogP contribution in [0.2, 0.25) is 0 Å². The monoisotopic (exact) mass is 317 g/mol. The van der Waals surface area contributed by atoms with E-state index in [1.165, 1.54) is 6.20 Å². The summed E-state index contributed by atoms with van der Waals surface area (Å²) in [4.78, 5) is 3.17. The lowest BCUT2D eigenvalue weighted by atomic mass is 10.3. The molecule has 0 fully saturated rings. The Morgan fingerprint density at radius 1 is 1.38 bits per heavy atom. The van der Waals surface area contributed by atoms with Crippen molar-refractivity contribution in [1.29, 1.82) is 0 Å². The second-order valence-corrected chi connectivity index (χ2v) is 5.75. The number of hydrogen-bond donors (Lipinski definition) is 1. The van der Waals surface area contributed by atoms with Crippen LogP contribution in [-0.2, 0) is 23.2 Å². The SMILES string of the molecule is CCn1cncc1COc1c(F)cc(F)cc1S(N)(=O)=O. The van der Waals surface area contributed by atoms with E-state index in [0.717, 1.165) is 0 Å². The molecule has 0 atom stereocenters. The van der Waals surface area contributed by atoms with Crippen LogP contribution in [0.1, 0.15) is 12.6 Å². The Morgan fingerprint density at radius 3 is 2.71 bits per heavy atom. The Hall–Kier alpha value is -2.00. The van der Waals surface area contributed by atoms with E-state index in [4.69, 9.17) is 9.88 Å². The van der Waals surface area contributed by atoms with Gasteiger partial charge in [-0.1, -0.05) is 0 Å². The lowest BCUT2D eigenvalue weighted by Crippen LogP contribution is -2.15. The molecular formula is C12H13F2N3O3S. The van der Waals surface area contributed by atoms with Crippen molar-refractivity contribution < 1.29 is 21.9 Å². The van der Waals surface area contributed by atoms with E-state index in [9.17, 15) is 17.2 Å². The lowest BCUT2D eigenvalue weighted by Gasteiger charge is -2.12. The summed E-state index contributed by atoms with van der Waals surface area (Å²) in [6, 6.07) is 1.14. The second kappa shape index (κ2) is 5.78. The molecule has 0 aliphatic rings. The maximum absolute atomic E-state index is 13.7. The number of sulfonamides is 1. The van der Waals surface area contributed by atoms with Crippen LogP contribution in [0.25, 0.3) is 0 Å². The molecule has 0 bridgehead atoms.